The van der Waals surface area contributed by atoms with Crippen molar-refractivity contribution in [2.75, 3.05) is 26.4 Å². The molecule has 0 amide bonds. The van der Waals surface area contributed by atoms with E-state index in [4.69, 9.17) is 0 Å². The van der Waals surface area contributed by atoms with Crippen molar-refractivity contribution in [2.45, 2.75) is 12.8 Å². The van der Waals surface area contributed by atoms with E-state index in [0.29, 0.717) is 18.4 Å². The summed E-state index contributed by atoms with van der Waals surface area (Å²) in [6.07, 6.45) is 7.74. The highest BCUT2D eigenvalue weighted by Crippen LogP contribution is 2.53. The molecule has 1 saturated carbocycles. The van der Waals surface area contributed by atoms with Gasteiger partial charge in [0.2, 0.25) is 0 Å². The zero-order valence-electron chi connectivity index (χ0n) is 11.8. The molecule has 0 radical (unpaired) electrons. The molecule has 112 valence electrons. The van der Waals surface area contributed by atoms with Crippen LogP contribution in [0, 0.1) is 10.8 Å². The average Bonchev–Trinajstić information content (AvgIpc) is 2.49. The minimum absolute atomic E-state index is 0.244. The van der Waals surface area contributed by atoms with E-state index >= 15 is 0 Å². The van der Waals surface area contributed by atoms with Crippen LogP contribution in [-0.4, -0.2) is 46.9 Å². The smallest absolute Gasteiger partial charge is 0.0596 e. The summed E-state index contributed by atoms with van der Waals surface area (Å²) in [6, 6.07) is 0. The fourth-order valence-electron chi connectivity index (χ4n) is 3.07. The van der Waals surface area contributed by atoms with Gasteiger partial charge in [-0.3, -0.25) is 0 Å². The molecule has 0 spiro atoms. The van der Waals surface area contributed by atoms with E-state index in [-0.39, 0.29) is 26.4 Å². The minimum atomic E-state index is -0.994. The first-order chi connectivity index (χ1) is 9.60. The summed E-state index contributed by atoms with van der Waals surface area (Å²) in [4.78, 5) is 0. The summed E-state index contributed by atoms with van der Waals surface area (Å²) in [7, 11) is 0. The first-order valence-corrected chi connectivity index (χ1v) is 6.70. The number of allylic oxidation sites excluding steroid dienone is 4. The van der Waals surface area contributed by atoms with Crippen molar-refractivity contribution < 1.29 is 20.4 Å². The van der Waals surface area contributed by atoms with Gasteiger partial charge >= 0.3 is 0 Å². The van der Waals surface area contributed by atoms with Gasteiger partial charge in [0.15, 0.2) is 0 Å². The second-order valence-corrected chi connectivity index (χ2v) is 5.24. The lowest BCUT2D eigenvalue weighted by Gasteiger charge is -2.49. The molecule has 0 aliphatic heterocycles. The van der Waals surface area contributed by atoms with Crippen molar-refractivity contribution >= 4 is 0 Å². The molecule has 1 rings (SSSR count). The third-order valence-corrected chi connectivity index (χ3v) is 4.32. The highest BCUT2D eigenvalue weighted by atomic mass is 16.3. The van der Waals surface area contributed by atoms with Crippen LogP contribution in [0.4, 0.5) is 0 Å². The highest BCUT2D eigenvalue weighted by molar-refractivity contribution is 5.41. The van der Waals surface area contributed by atoms with Crippen LogP contribution >= 0.6 is 0 Å². The van der Waals surface area contributed by atoms with E-state index in [1.165, 1.54) is 0 Å². The fraction of sp³-hybridized carbons (Fsp3) is 0.500. The van der Waals surface area contributed by atoms with Crippen molar-refractivity contribution in [3.05, 3.63) is 48.6 Å². The Morgan fingerprint density at radius 3 is 1.85 bits per heavy atom. The van der Waals surface area contributed by atoms with E-state index in [0.717, 1.165) is 5.57 Å². The van der Waals surface area contributed by atoms with Crippen LogP contribution in [0.3, 0.4) is 0 Å². The summed E-state index contributed by atoms with van der Waals surface area (Å²) in [5.74, 6) is 0. The number of aliphatic hydroxyl groups excluding tert-OH is 4. The molecular formula is C16H24O4. The quantitative estimate of drug-likeness (QED) is 0.584. The Morgan fingerprint density at radius 1 is 0.900 bits per heavy atom. The molecule has 1 fully saturated rings. The molecule has 0 aromatic carbocycles. The molecule has 20 heavy (non-hydrogen) atoms. The van der Waals surface area contributed by atoms with Crippen molar-refractivity contribution in [1.29, 1.82) is 0 Å². The third kappa shape index (κ3) is 2.52. The Kier molecular flexibility index (Phi) is 5.89. The van der Waals surface area contributed by atoms with Gasteiger partial charge in [-0.2, -0.15) is 0 Å². The predicted octanol–water partition coefficient (Wildman–Crippen LogP) is 0.947. The predicted molar refractivity (Wildman–Crippen MR) is 79.0 cm³/mol. The standard InChI is InChI=1S/C16H24O4/c1-3-5-13-7-8-15(9-17,10-18)14(6-4-2)16(13,11-19)12-20/h3-6,17-20H,1-2,7-12H2. The monoisotopic (exact) mass is 280 g/mol. The molecule has 0 atom stereocenters. The number of hydrogen-bond acceptors (Lipinski definition) is 4. The molecule has 0 unspecified atom stereocenters. The van der Waals surface area contributed by atoms with Gasteiger partial charge in [-0.1, -0.05) is 43.0 Å². The van der Waals surface area contributed by atoms with E-state index in [9.17, 15) is 20.4 Å². The molecule has 0 bridgehead atoms. The molecule has 4 N–H and O–H groups in total. The van der Waals surface area contributed by atoms with Crippen molar-refractivity contribution in [1.82, 2.24) is 0 Å². The minimum Gasteiger partial charge on any atom is -0.395 e. The largest absolute Gasteiger partial charge is 0.395 e. The zero-order chi connectivity index (χ0) is 15.2. The Hall–Kier alpha value is -1.20. The number of rotatable bonds is 6. The van der Waals surface area contributed by atoms with E-state index in [1.807, 2.05) is 0 Å². The lowest BCUT2D eigenvalue weighted by atomic mass is 9.56. The molecule has 0 heterocycles. The summed E-state index contributed by atoms with van der Waals surface area (Å²) in [5, 5.41) is 39.3. The summed E-state index contributed by atoms with van der Waals surface area (Å²) < 4.78 is 0. The molecular weight excluding hydrogens is 256 g/mol. The summed E-state index contributed by atoms with van der Waals surface area (Å²) in [6.45, 7) is 6.22. The van der Waals surface area contributed by atoms with Gasteiger partial charge in [-0.15, -0.1) is 0 Å². The third-order valence-electron chi connectivity index (χ3n) is 4.32. The first-order valence-electron chi connectivity index (χ1n) is 6.70. The van der Waals surface area contributed by atoms with Gasteiger partial charge in [0.05, 0.1) is 31.8 Å². The SMILES string of the molecule is C=CC=C1CCC(CO)(CO)C(=CC=C)C1(CO)CO. The lowest BCUT2D eigenvalue weighted by Crippen LogP contribution is -2.49. The molecule has 4 nitrogen and oxygen atoms in total. The summed E-state index contributed by atoms with van der Waals surface area (Å²) >= 11 is 0. The van der Waals surface area contributed by atoms with Crippen molar-refractivity contribution in [2.24, 2.45) is 10.8 Å². The second-order valence-electron chi connectivity index (χ2n) is 5.24. The van der Waals surface area contributed by atoms with Crippen LogP contribution in [0.1, 0.15) is 12.8 Å². The van der Waals surface area contributed by atoms with Crippen LogP contribution in [-0.2, 0) is 0 Å². The van der Waals surface area contributed by atoms with Crippen LogP contribution in [0.2, 0.25) is 0 Å². The van der Waals surface area contributed by atoms with Gasteiger partial charge in [0.1, 0.15) is 0 Å². The second kappa shape index (κ2) is 6.99. The highest BCUT2D eigenvalue weighted by Gasteiger charge is 2.50. The molecule has 0 aromatic rings. The Balaban J connectivity index is 3.53. The lowest BCUT2D eigenvalue weighted by molar-refractivity contribution is 0.0144. The van der Waals surface area contributed by atoms with Crippen LogP contribution in [0.5, 0.6) is 0 Å². The van der Waals surface area contributed by atoms with Gasteiger partial charge < -0.3 is 20.4 Å². The average molecular weight is 280 g/mol. The van der Waals surface area contributed by atoms with Gasteiger partial charge in [-0.25, -0.2) is 0 Å². The van der Waals surface area contributed by atoms with Crippen LogP contribution in [0.25, 0.3) is 0 Å². The molecule has 0 aromatic heterocycles. The fourth-order valence-corrected chi connectivity index (χ4v) is 3.07. The van der Waals surface area contributed by atoms with Gasteiger partial charge in [0, 0.05) is 5.41 Å². The van der Waals surface area contributed by atoms with Crippen molar-refractivity contribution in [3.8, 4) is 0 Å². The Bertz CT molecular complexity index is 412. The van der Waals surface area contributed by atoms with E-state index in [1.54, 1.807) is 24.3 Å². The maximum atomic E-state index is 9.89. The van der Waals surface area contributed by atoms with Crippen LogP contribution < -0.4 is 0 Å². The zero-order valence-corrected chi connectivity index (χ0v) is 11.8. The van der Waals surface area contributed by atoms with Gasteiger partial charge in [-0.05, 0) is 18.4 Å². The molecule has 0 saturated heterocycles. The molecule has 1 aliphatic rings. The van der Waals surface area contributed by atoms with Crippen LogP contribution in [0.15, 0.2) is 48.6 Å². The molecule has 1 aliphatic carbocycles. The number of aliphatic hydroxyl groups is 4. The van der Waals surface area contributed by atoms with Gasteiger partial charge in [0.25, 0.3) is 0 Å². The Morgan fingerprint density at radius 2 is 1.45 bits per heavy atom. The first kappa shape index (κ1) is 16.9. The maximum Gasteiger partial charge on any atom is 0.0596 e. The topological polar surface area (TPSA) is 80.9 Å². The molecule has 4 heteroatoms. The Labute approximate surface area is 120 Å². The van der Waals surface area contributed by atoms with Crippen molar-refractivity contribution in [3.63, 3.8) is 0 Å². The van der Waals surface area contributed by atoms with E-state index in [2.05, 4.69) is 13.2 Å². The normalized spacial score (nSPS) is 24.8. The maximum absolute atomic E-state index is 9.89. The number of hydrogen-bond donors (Lipinski definition) is 4. The van der Waals surface area contributed by atoms with E-state index < -0.39 is 10.8 Å². The summed E-state index contributed by atoms with van der Waals surface area (Å²) in [5.41, 5.74) is -0.373.